The van der Waals surface area contributed by atoms with Crippen molar-refractivity contribution in [2.75, 3.05) is 14.6 Å². The van der Waals surface area contributed by atoms with Crippen LogP contribution in [0.3, 0.4) is 0 Å². The van der Waals surface area contributed by atoms with E-state index >= 15 is 0 Å². The minimum absolute atomic E-state index is 0.0200. The molecule has 1 saturated heterocycles. The fourth-order valence-corrected chi connectivity index (χ4v) is 4.37. The van der Waals surface area contributed by atoms with Crippen LogP contribution in [0.1, 0.15) is 31.5 Å². The highest BCUT2D eigenvalue weighted by Crippen LogP contribution is 2.38. The number of hydrogen-bond acceptors (Lipinski definition) is 6. The van der Waals surface area contributed by atoms with E-state index in [0.29, 0.717) is 23.0 Å². The molecule has 0 radical (unpaired) electrons. The quantitative estimate of drug-likeness (QED) is 0.272. The fourth-order valence-electron chi connectivity index (χ4n) is 3.37. The summed E-state index contributed by atoms with van der Waals surface area (Å²) in [6.45, 7) is 5.38. The molecule has 0 aliphatic carbocycles. The van der Waals surface area contributed by atoms with Crippen molar-refractivity contribution in [1.82, 2.24) is 19.9 Å². The maximum atomic E-state index is 14.0. The normalized spacial score (nSPS) is 16.0. The maximum absolute atomic E-state index is 14.0. The second-order valence-electron chi connectivity index (χ2n) is 7.59. The van der Waals surface area contributed by atoms with E-state index < -0.39 is 5.66 Å². The Morgan fingerprint density at radius 3 is 2.59 bits per heavy atom. The topological polar surface area (TPSA) is 58.0 Å². The first-order chi connectivity index (χ1) is 13.7. The van der Waals surface area contributed by atoms with E-state index in [1.165, 1.54) is 6.20 Å². The molecule has 0 aromatic carbocycles. The number of anilines is 2. The van der Waals surface area contributed by atoms with Gasteiger partial charge >= 0.3 is 5.66 Å². The Hall–Kier alpha value is -1.74. The Morgan fingerprint density at radius 2 is 1.93 bits per heavy atom. The minimum Gasteiger partial charge on any atom is -0.335 e. The van der Waals surface area contributed by atoms with Crippen molar-refractivity contribution in [3.05, 3.63) is 47.9 Å². The average Bonchev–Trinajstić information content (AvgIpc) is 2.66. The summed E-state index contributed by atoms with van der Waals surface area (Å²) in [5, 5.41) is 0.770. The first-order valence-electron chi connectivity index (χ1n) is 9.11. The van der Waals surface area contributed by atoms with Gasteiger partial charge in [-0.15, -0.1) is 0 Å². The molecule has 1 aliphatic heterocycles. The zero-order valence-electron chi connectivity index (χ0n) is 16.0. The molecule has 6 nitrogen and oxygen atoms in total. The molecule has 0 saturated carbocycles. The van der Waals surface area contributed by atoms with Gasteiger partial charge in [-0.05, 0) is 38.5 Å². The van der Waals surface area contributed by atoms with Crippen LogP contribution in [0.25, 0.3) is 11.0 Å². The molecule has 1 aliphatic rings. The lowest BCUT2D eigenvalue weighted by molar-refractivity contribution is 0.0975. The van der Waals surface area contributed by atoms with Gasteiger partial charge in [-0.1, -0.05) is 15.3 Å². The van der Waals surface area contributed by atoms with Gasteiger partial charge in [0.1, 0.15) is 5.69 Å². The van der Waals surface area contributed by atoms with Gasteiger partial charge in [0.2, 0.25) is 5.95 Å². The van der Waals surface area contributed by atoms with Crippen molar-refractivity contribution in [3.8, 4) is 0 Å². The van der Waals surface area contributed by atoms with Gasteiger partial charge in [-0.25, -0.2) is 4.98 Å². The van der Waals surface area contributed by atoms with Gasteiger partial charge in [0, 0.05) is 30.0 Å². The molecule has 4 heterocycles. The smallest absolute Gasteiger partial charge is 0.300 e. The summed E-state index contributed by atoms with van der Waals surface area (Å²) in [5.41, 5.74) is -2.36. The number of alkyl halides is 2. The second kappa shape index (κ2) is 7.50. The van der Waals surface area contributed by atoms with Crippen LogP contribution in [0.2, 0.25) is 0 Å². The molecule has 1 atom stereocenters. The third-order valence-electron chi connectivity index (χ3n) is 5.10. The zero-order chi connectivity index (χ0) is 20.8. The predicted octanol–water partition coefficient (Wildman–Crippen LogP) is 4.69. The van der Waals surface area contributed by atoms with E-state index in [1.807, 2.05) is 15.2 Å². The average molecular weight is 528 g/mol. The number of fused-ring (bicyclic) bond motifs is 1. The van der Waals surface area contributed by atoms with Crippen molar-refractivity contribution in [2.45, 2.75) is 38.0 Å². The summed E-state index contributed by atoms with van der Waals surface area (Å²) in [7, 11) is 1.56. The summed E-state index contributed by atoms with van der Waals surface area (Å²) in [5.74, 6) is 1.25. The van der Waals surface area contributed by atoms with E-state index in [9.17, 15) is 8.78 Å². The number of halogens is 3. The molecule has 0 N–H and O–H groups in total. The molecule has 152 valence electrons. The zero-order valence-corrected chi connectivity index (χ0v) is 19.3. The summed E-state index contributed by atoms with van der Waals surface area (Å²) in [4.78, 5) is 19.9. The van der Waals surface area contributed by atoms with Crippen molar-refractivity contribution in [2.24, 2.45) is 0 Å². The molecule has 3 aromatic rings. The van der Waals surface area contributed by atoms with Gasteiger partial charge in [0.15, 0.2) is 11.5 Å². The molecule has 0 amide bonds. The first-order valence-corrected chi connectivity index (χ1v) is 10.7. The lowest BCUT2D eigenvalue weighted by atomic mass is 9.89. The molecule has 0 bridgehead atoms. The number of nitrogens with zero attached hydrogens (tertiary/aromatic N) is 6. The molecule has 0 spiro atoms. The van der Waals surface area contributed by atoms with E-state index in [0.717, 1.165) is 18.4 Å². The highest BCUT2D eigenvalue weighted by atomic mass is 127. The standard InChI is InChI=1S/C19H20F2IN6P/c1-18(2)7-10-27(18)17-25-15-13(6-4-9-24-15)16(26-17)28(22)11-12-5-3-8-23-14(12)19(20,21)29/h3-6,8-9H,7,10-11,29H2,1-2H3. The first kappa shape index (κ1) is 20.5. The lowest BCUT2D eigenvalue weighted by Gasteiger charge is -2.48. The van der Waals surface area contributed by atoms with Crippen LogP contribution in [0.4, 0.5) is 20.5 Å². The van der Waals surface area contributed by atoms with Crippen LogP contribution in [-0.4, -0.2) is 32.0 Å². The summed E-state index contributed by atoms with van der Waals surface area (Å²) in [6.07, 6.45) is 4.13. The molecule has 4 rings (SSSR count). The van der Waals surface area contributed by atoms with E-state index in [-0.39, 0.29) is 17.8 Å². The van der Waals surface area contributed by atoms with Gasteiger partial charge in [-0.3, -0.25) is 8.10 Å². The lowest BCUT2D eigenvalue weighted by Crippen LogP contribution is -2.56. The maximum Gasteiger partial charge on any atom is 0.300 e. The minimum atomic E-state index is -3.10. The van der Waals surface area contributed by atoms with Crippen molar-refractivity contribution in [1.29, 1.82) is 0 Å². The van der Waals surface area contributed by atoms with Crippen molar-refractivity contribution >= 4 is 54.9 Å². The van der Waals surface area contributed by atoms with Gasteiger partial charge < -0.3 is 4.90 Å². The summed E-state index contributed by atoms with van der Waals surface area (Å²) < 4.78 is 29.7. The molecular weight excluding hydrogens is 508 g/mol. The Labute approximate surface area is 183 Å². The molecule has 29 heavy (non-hydrogen) atoms. The highest BCUT2D eigenvalue weighted by Gasteiger charge is 2.38. The van der Waals surface area contributed by atoms with Gasteiger partial charge in [0.05, 0.1) is 34.8 Å². The van der Waals surface area contributed by atoms with Crippen molar-refractivity contribution < 1.29 is 8.78 Å². The van der Waals surface area contributed by atoms with Gasteiger partial charge in [0.25, 0.3) is 0 Å². The van der Waals surface area contributed by atoms with Crippen molar-refractivity contribution in [3.63, 3.8) is 0 Å². The van der Waals surface area contributed by atoms with E-state index in [1.54, 1.807) is 27.6 Å². The number of rotatable bonds is 5. The molecular formula is C19H20F2IN6P. The SMILES string of the molecule is CC1(C)CCN1c1nc(N(I)Cc2cccnc2C(F)(F)P)c2cccnc2n1. The van der Waals surface area contributed by atoms with Crippen LogP contribution in [-0.2, 0) is 12.2 Å². The van der Waals surface area contributed by atoms with Crippen LogP contribution in [0.5, 0.6) is 0 Å². The Kier molecular flexibility index (Phi) is 5.31. The molecule has 3 aromatic heterocycles. The third kappa shape index (κ3) is 3.99. The second-order valence-corrected chi connectivity index (χ2v) is 9.48. The highest BCUT2D eigenvalue weighted by molar-refractivity contribution is 14.1. The monoisotopic (exact) mass is 528 g/mol. The largest absolute Gasteiger partial charge is 0.335 e. The Bertz CT molecular complexity index is 1060. The summed E-state index contributed by atoms with van der Waals surface area (Å²) >= 11 is 2.10. The molecule has 10 heteroatoms. The third-order valence-corrected chi connectivity index (χ3v) is 6.18. The Morgan fingerprint density at radius 1 is 1.21 bits per heavy atom. The number of aromatic nitrogens is 4. The van der Waals surface area contributed by atoms with Crippen LogP contribution < -0.4 is 8.01 Å². The summed E-state index contributed by atoms with van der Waals surface area (Å²) in [6, 6.07) is 7.03. The number of pyridine rings is 2. The predicted molar refractivity (Wildman–Crippen MR) is 121 cm³/mol. The van der Waals surface area contributed by atoms with E-state index in [4.69, 9.17) is 4.98 Å². The van der Waals surface area contributed by atoms with E-state index in [2.05, 4.69) is 56.6 Å². The number of hydrogen-bond donors (Lipinski definition) is 0. The Balaban J connectivity index is 1.76. The van der Waals surface area contributed by atoms with Crippen LogP contribution in [0.15, 0.2) is 36.7 Å². The fraction of sp³-hybridized carbons (Fsp3) is 0.368. The van der Waals surface area contributed by atoms with Crippen LogP contribution >= 0.6 is 32.1 Å². The van der Waals surface area contributed by atoms with Gasteiger partial charge in [-0.2, -0.15) is 18.7 Å². The molecule has 1 fully saturated rings. The molecule has 1 unspecified atom stereocenters. The van der Waals surface area contributed by atoms with Crippen LogP contribution in [0, 0.1) is 0 Å².